The van der Waals surface area contributed by atoms with Crippen LogP contribution in [0.1, 0.15) is 24.1 Å². The molecule has 0 radical (unpaired) electrons. The van der Waals surface area contributed by atoms with Crippen LogP contribution in [0, 0.1) is 6.92 Å². The van der Waals surface area contributed by atoms with E-state index in [1.165, 1.54) is 5.06 Å². The Morgan fingerprint density at radius 1 is 1.22 bits per heavy atom. The Hall–Kier alpha value is -1.73. The molecule has 0 saturated carbocycles. The van der Waals surface area contributed by atoms with Crippen LogP contribution in [0.25, 0.3) is 11.6 Å². The van der Waals surface area contributed by atoms with Gasteiger partial charge in [-0.1, -0.05) is 0 Å². The first-order valence-electron chi connectivity index (χ1n) is 6.00. The maximum atomic E-state index is 9.53. The molecule has 7 heteroatoms. The number of rotatable bonds is 2. The van der Waals surface area contributed by atoms with Gasteiger partial charge in [0.15, 0.2) is 11.6 Å². The Kier molecular flexibility index (Phi) is 2.46. The molecule has 3 heterocycles. The predicted octanol–water partition coefficient (Wildman–Crippen LogP) is 0.712. The molecule has 18 heavy (non-hydrogen) atoms. The molecule has 0 spiro atoms. The first-order chi connectivity index (χ1) is 8.61. The molecule has 0 unspecified atom stereocenters. The number of hydrogen-bond acceptors (Lipinski definition) is 5. The summed E-state index contributed by atoms with van der Waals surface area (Å²) in [5, 5.41) is 19.0. The maximum Gasteiger partial charge on any atom is 0.199 e. The van der Waals surface area contributed by atoms with Crippen molar-refractivity contribution in [1.29, 1.82) is 0 Å². The lowest BCUT2D eigenvalue weighted by Gasteiger charge is -2.10. The number of imidazole rings is 1. The van der Waals surface area contributed by atoms with Crippen LogP contribution >= 0.6 is 0 Å². The number of aryl methyl sites for hydroxylation is 1. The van der Waals surface area contributed by atoms with E-state index in [0.717, 1.165) is 35.4 Å². The lowest BCUT2D eigenvalue weighted by Crippen LogP contribution is -2.13. The van der Waals surface area contributed by atoms with Crippen molar-refractivity contribution in [3.8, 4) is 11.6 Å². The molecular weight excluding hydrogens is 232 g/mol. The van der Waals surface area contributed by atoms with Crippen molar-refractivity contribution < 1.29 is 5.21 Å². The van der Waals surface area contributed by atoms with E-state index in [1.807, 2.05) is 18.5 Å². The molecule has 1 N–H and O–H groups in total. The van der Waals surface area contributed by atoms with Gasteiger partial charge in [-0.05, 0) is 13.8 Å². The Balaban J connectivity index is 2.14. The van der Waals surface area contributed by atoms with E-state index in [1.54, 1.807) is 0 Å². The summed E-state index contributed by atoms with van der Waals surface area (Å²) in [7, 11) is 1.93. The second-order valence-electron chi connectivity index (χ2n) is 4.53. The van der Waals surface area contributed by atoms with Gasteiger partial charge >= 0.3 is 0 Å². The van der Waals surface area contributed by atoms with Crippen molar-refractivity contribution in [2.24, 2.45) is 7.05 Å². The quantitative estimate of drug-likeness (QED) is 0.847. The third-order valence-corrected chi connectivity index (χ3v) is 3.43. The van der Waals surface area contributed by atoms with E-state index in [9.17, 15) is 5.21 Å². The standard InChI is InChI=1S/C11H16N6O/c1-4-17-9-6-16(18)5-8(9)12-10(17)11-14-13-7(2)15(11)3/h18H,4-6H2,1-3H3. The average Bonchev–Trinajstić information content (AvgIpc) is 2.93. The fraction of sp³-hybridized carbons (Fsp3) is 0.545. The van der Waals surface area contributed by atoms with Crippen LogP contribution in [0.3, 0.4) is 0 Å². The molecule has 96 valence electrons. The lowest BCUT2D eigenvalue weighted by molar-refractivity contribution is -0.0985. The van der Waals surface area contributed by atoms with Crippen LogP contribution in [0.5, 0.6) is 0 Å². The predicted molar refractivity (Wildman–Crippen MR) is 63.7 cm³/mol. The largest absolute Gasteiger partial charge is 0.324 e. The van der Waals surface area contributed by atoms with Crippen molar-refractivity contribution >= 4 is 0 Å². The van der Waals surface area contributed by atoms with Gasteiger partial charge in [-0.3, -0.25) is 0 Å². The Labute approximate surface area is 105 Å². The summed E-state index contributed by atoms with van der Waals surface area (Å²) >= 11 is 0. The van der Waals surface area contributed by atoms with Gasteiger partial charge in [0.25, 0.3) is 0 Å². The van der Waals surface area contributed by atoms with Crippen LogP contribution in [0.15, 0.2) is 0 Å². The van der Waals surface area contributed by atoms with Crippen molar-refractivity contribution in [2.45, 2.75) is 33.5 Å². The van der Waals surface area contributed by atoms with Crippen molar-refractivity contribution in [3.05, 3.63) is 17.2 Å². The molecule has 0 fully saturated rings. The average molecular weight is 248 g/mol. The highest BCUT2D eigenvalue weighted by Crippen LogP contribution is 2.27. The third-order valence-electron chi connectivity index (χ3n) is 3.43. The van der Waals surface area contributed by atoms with Gasteiger partial charge in [-0.15, -0.1) is 10.2 Å². The van der Waals surface area contributed by atoms with E-state index < -0.39 is 0 Å². The fourth-order valence-electron chi connectivity index (χ4n) is 2.35. The Bertz CT molecular complexity index is 599. The highest BCUT2D eigenvalue weighted by Gasteiger charge is 2.27. The zero-order valence-corrected chi connectivity index (χ0v) is 10.8. The maximum absolute atomic E-state index is 9.53. The third kappa shape index (κ3) is 1.48. The zero-order chi connectivity index (χ0) is 12.9. The Morgan fingerprint density at radius 3 is 2.61 bits per heavy atom. The van der Waals surface area contributed by atoms with E-state index in [4.69, 9.17) is 0 Å². The molecular formula is C11H16N6O. The van der Waals surface area contributed by atoms with E-state index >= 15 is 0 Å². The highest BCUT2D eigenvalue weighted by atomic mass is 16.5. The Morgan fingerprint density at radius 2 is 2.00 bits per heavy atom. The zero-order valence-electron chi connectivity index (χ0n) is 10.8. The van der Waals surface area contributed by atoms with Crippen LogP contribution in [0.4, 0.5) is 0 Å². The van der Waals surface area contributed by atoms with Gasteiger partial charge in [0, 0.05) is 13.6 Å². The summed E-state index contributed by atoms with van der Waals surface area (Å²) in [5.41, 5.74) is 1.99. The molecule has 3 rings (SSSR count). The first-order valence-corrected chi connectivity index (χ1v) is 6.00. The van der Waals surface area contributed by atoms with E-state index in [0.29, 0.717) is 13.1 Å². The number of aromatic nitrogens is 5. The molecule has 0 bridgehead atoms. The first kappa shape index (κ1) is 11.4. The molecule has 2 aromatic rings. The minimum absolute atomic E-state index is 0.478. The molecule has 0 saturated heterocycles. The molecule has 0 aliphatic carbocycles. The smallest absolute Gasteiger partial charge is 0.199 e. The lowest BCUT2D eigenvalue weighted by atomic mass is 10.4. The van der Waals surface area contributed by atoms with Gasteiger partial charge in [-0.25, -0.2) is 4.98 Å². The molecule has 7 nitrogen and oxygen atoms in total. The summed E-state index contributed by atoms with van der Waals surface area (Å²) in [4.78, 5) is 4.59. The highest BCUT2D eigenvalue weighted by molar-refractivity contribution is 5.48. The van der Waals surface area contributed by atoms with Gasteiger partial charge in [0.05, 0.1) is 24.5 Å². The van der Waals surface area contributed by atoms with Crippen LogP contribution in [-0.4, -0.2) is 34.6 Å². The van der Waals surface area contributed by atoms with Gasteiger partial charge in [0.2, 0.25) is 0 Å². The number of hydroxylamine groups is 2. The van der Waals surface area contributed by atoms with Crippen LogP contribution in [0.2, 0.25) is 0 Å². The second-order valence-corrected chi connectivity index (χ2v) is 4.53. The molecule has 1 aliphatic rings. The fourth-order valence-corrected chi connectivity index (χ4v) is 2.35. The molecule has 1 aliphatic heterocycles. The second kappa shape index (κ2) is 3.89. The van der Waals surface area contributed by atoms with E-state index in [-0.39, 0.29) is 0 Å². The summed E-state index contributed by atoms with van der Waals surface area (Å²) in [6.45, 7) is 5.78. The summed E-state index contributed by atoms with van der Waals surface area (Å²) in [6, 6.07) is 0. The molecule has 2 aromatic heterocycles. The monoisotopic (exact) mass is 248 g/mol. The number of nitrogens with zero attached hydrogens (tertiary/aromatic N) is 6. The summed E-state index contributed by atoms with van der Waals surface area (Å²) in [5.74, 6) is 2.46. The van der Waals surface area contributed by atoms with Gasteiger partial charge in [-0.2, -0.15) is 5.06 Å². The van der Waals surface area contributed by atoms with Gasteiger partial charge < -0.3 is 14.3 Å². The summed E-state index contributed by atoms with van der Waals surface area (Å²) < 4.78 is 4.02. The molecule has 0 atom stereocenters. The van der Waals surface area contributed by atoms with Crippen molar-refractivity contribution in [2.75, 3.05) is 0 Å². The minimum atomic E-state index is 0.478. The number of hydrogen-bond donors (Lipinski definition) is 1. The topological polar surface area (TPSA) is 72.0 Å². The van der Waals surface area contributed by atoms with Crippen molar-refractivity contribution in [3.63, 3.8) is 0 Å². The minimum Gasteiger partial charge on any atom is -0.324 e. The SMILES string of the molecule is CCn1c(-c2nnc(C)n2C)nc2c1CN(O)C2. The van der Waals surface area contributed by atoms with E-state index in [2.05, 4.69) is 26.7 Å². The normalized spacial score (nSPS) is 15.3. The summed E-state index contributed by atoms with van der Waals surface area (Å²) in [6.07, 6.45) is 0. The van der Waals surface area contributed by atoms with Gasteiger partial charge in [0.1, 0.15) is 5.82 Å². The molecule has 0 aromatic carbocycles. The van der Waals surface area contributed by atoms with Crippen LogP contribution < -0.4 is 0 Å². The van der Waals surface area contributed by atoms with Crippen LogP contribution in [-0.2, 0) is 26.7 Å². The van der Waals surface area contributed by atoms with Crippen molar-refractivity contribution in [1.82, 2.24) is 29.4 Å². The number of fused-ring (bicyclic) bond motifs is 1. The molecule has 0 amide bonds.